The summed E-state index contributed by atoms with van der Waals surface area (Å²) in [6, 6.07) is 20.5. The van der Waals surface area contributed by atoms with E-state index in [0.29, 0.717) is 42.9 Å². The molecule has 0 heterocycles. The summed E-state index contributed by atoms with van der Waals surface area (Å²) in [7, 11) is 0. The zero-order valence-electron chi connectivity index (χ0n) is 22.1. The Hall–Kier alpha value is -3.75. The predicted molar refractivity (Wildman–Crippen MR) is 147 cm³/mol. The lowest BCUT2D eigenvalue weighted by Gasteiger charge is -2.30. The van der Waals surface area contributed by atoms with Gasteiger partial charge in [0.25, 0.3) is 0 Å². The van der Waals surface area contributed by atoms with Crippen molar-refractivity contribution in [1.82, 2.24) is 4.90 Å². The van der Waals surface area contributed by atoms with Gasteiger partial charge in [0.15, 0.2) is 0 Å². The number of hydrogen-bond donors (Lipinski definition) is 2. The van der Waals surface area contributed by atoms with E-state index in [9.17, 15) is 19.1 Å². The number of amides is 2. The molecular weight excluding hydrogens is 499 g/mol. The number of carbonyl (C=O) groups excluding carboxylic acids is 1. The molecule has 0 radical (unpaired) electrons. The number of aryl methyl sites for hydroxylation is 1. The maximum Gasteiger partial charge on any atom is 0.336 e. The molecule has 2 amide bonds. The highest BCUT2D eigenvalue weighted by Crippen LogP contribution is 2.25. The van der Waals surface area contributed by atoms with Crippen molar-refractivity contribution < 1.29 is 28.6 Å². The molecule has 1 fully saturated rings. The molecular formula is C31H35FN2O5. The Balaban J connectivity index is 1.30. The Morgan fingerprint density at radius 2 is 1.69 bits per heavy atom. The molecule has 2 atom stereocenters. The van der Waals surface area contributed by atoms with E-state index in [1.165, 1.54) is 24.3 Å². The van der Waals surface area contributed by atoms with Crippen molar-refractivity contribution in [1.29, 1.82) is 0 Å². The molecule has 39 heavy (non-hydrogen) atoms. The van der Waals surface area contributed by atoms with Crippen LogP contribution in [0.1, 0.15) is 52.7 Å². The first-order chi connectivity index (χ1) is 18.9. The van der Waals surface area contributed by atoms with Gasteiger partial charge < -0.3 is 24.8 Å². The lowest BCUT2D eigenvalue weighted by Crippen LogP contribution is -2.38. The van der Waals surface area contributed by atoms with Crippen LogP contribution in [0.15, 0.2) is 72.8 Å². The summed E-state index contributed by atoms with van der Waals surface area (Å²) in [6.45, 7) is 3.20. The van der Waals surface area contributed by atoms with Gasteiger partial charge in [-0.05, 0) is 73.6 Å². The maximum atomic E-state index is 13.3. The molecule has 3 aromatic carbocycles. The zero-order valence-corrected chi connectivity index (χ0v) is 22.1. The minimum atomic E-state index is -0.944. The van der Waals surface area contributed by atoms with E-state index in [0.717, 1.165) is 30.4 Å². The first kappa shape index (κ1) is 28.3. The molecule has 4 rings (SSSR count). The van der Waals surface area contributed by atoms with Crippen molar-refractivity contribution in [3.63, 3.8) is 0 Å². The number of aromatic carboxylic acids is 1. The number of nitrogens with zero attached hydrogens (tertiary/aromatic N) is 1. The smallest absolute Gasteiger partial charge is 0.336 e. The highest BCUT2D eigenvalue weighted by Gasteiger charge is 2.25. The molecule has 7 nitrogen and oxygen atoms in total. The van der Waals surface area contributed by atoms with Crippen molar-refractivity contribution in [3.05, 3.63) is 101 Å². The number of urea groups is 1. The highest BCUT2D eigenvalue weighted by atomic mass is 19.1. The van der Waals surface area contributed by atoms with Gasteiger partial charge in [-0.2, -0.15) is 0 Å². The van der Waals surface area contributed by atoms with E-state index in [-0.39, 0.29) is 30.7 Å². The van der Waals surface area contributed by atoms with Crippen LogP contribution < -0.4 is 5.32 Å². The fourth-order valence-electron chi connectivity index (χ4n) is 4.89. The summed E-state index contributed by atoms with van der Waals surface area (Å²) < 4.78 is 25.6. The summed E-state index contributed by atoms with van der Waals surface area (Å²) in [4.78, 5) is 26.4. The van der Waals surface area contributed by atoms with Gasteiger partial charge in [-0.3, -0.25) is 0 Å². The molecule has 8 heteroatoms. The second-order valence-electron chi connectivity index (χ2n) is 9.85. The second kappa shape index (κ2) is 13.9. The maximum absolute atomic E-state index is 13.3. The molecule has 3 aromatic rings. The Morgan fingerprint density at radius 1 is 0.974 bits per heavy atom. The fraction of sp³-hybridized carbons (Fsp3) is 0.355. The van der Waals surface area contributed by atoms with Gasteiger partial charge in [-0.1, -0.05) is 48.5 Å². The molecule has 0 aromatic heterocycles. The Bertz CT molecular complexity index is 1240. The molecule has 0 unspecified atom stereocenters. The lowest BCUT2D eigenvalue weighted by molar-refractivity contribution is -0.0524. The zero-order chi connectivity index (χ0) is 27.6. The molecule has 0 bridgehead atoms. The van der Waals surface area contributed by atoms with Crippen LogP contribution in [0.3, 0.4) is 0 Å². The number of carbonyl (C=O) groups is 2. The van der Waals surface area contributed by atoms with Crippen LogP contribution in [-0.4, -0.2) is 47.4 Å². The topological polar surface area (TPSA) is 88.1 Å². The number of carboxylic acids is 1. The van der Waals surface area contributed by atoms with Crippen molar-refractivity contribution in [2.75, 3.05) is 18.5 Å². The fourth-order valence-corrected chi connectivity index (χ4v) is 4.89. The van der Waals surface area contributed by atoms with Crippen molar-refractivity contribution >= 4 is 17.7 Å². The molecule has 1 aliphatic rings. The molecule has 0 spiro atoms. The van der Waals surface area contributed by atoms with Crippen molar-refractivity contribution in [3.8, 4) is 0 Å². The average molecular weight is 535 g/mol. The van der Waals surface area contributed by atoms with Gasteiger partial charge in [-0.15, -0.1) is 0 Å². The van der Waals surface area contributed by atoms with E-state index in [2.05, 4.69) is 5.32 Å². The van der Waals surface area contributed by atoms with Crippen LogP contribution in [0.2, 0.25) is 0 Å². The Labute approximate surface area is 228 Å². The number of rotatable bonds is 11. The van der Waals surface area contributed by atoms with Crippen LogP contribution in [0.5, 0.6) is 0 Å². The number of hydrogen-bond acceptors (Lipinski definition) is 4. The summed E-state index contributed by atoms with van der Waals surface area (Å²) >= 11 is 0. The second-order valence-corrected chi connectivity index (χ2v) is 9.85. The highest BCUT2D eigenvalue weighted by molar-refractivity contribution is 5.91. The standard InChI is InChI=1S/C31H35FN2O5/c1-22-7-5-10-24(29(22)30(35)36)21-39-28-12-6-11-27(19-28)38-18-17-34(20-23-8-3-2-4-9-23)31(37)33-26-15-13-25(32)14-16-26/h2-5,7-10,13-16,27-28H,6,11-12,17-21H2,1H3,(H,33,37)(H,35,36)/t27-,28+/m0/s1. The van der Waals surface area contributed by atoms with Crippen LogP contribution in [0.4, 0.5) is 14.9 Å². The van der Waals surface area contributed by atoms with Crippen molar-refractivity contribution in [2.45, 2.75) is 58.0 Å². The van der Waals surface area contributed by atoms with Crippen LogP contribution in [-0.2, 0) is 22.6 Å². The number of carboxylic acid groups (broad SMARTS) is 1. The molecule has 1 saturated carbocycles. The predicted octanol–water partition coefficient (Wildman–Crippen LogP) is 6.41. The normalized spacial score (nSPS) is 17.0. The number of ether oxygens (including phenoxy) is 2. The number of anilines is 1. The summed E-state index contributed by atoms with van der Waals surface area (Å²) in [6.07, 6.45) is 3.45. The third-order valence-corrected chi connectivity index (χ3v) is 6.94. The van der Waals surface area contributed by atoms with E-state index in [1.807, 2.05) is 36.4 Å². The van der Waals surface area contributed by atoms with Gasteiger partial charge in [0, 0.05) is 18.8 Å². The summed E-state index contributed by atoms with van der Waals surface area (Å²) in [5.74, 6) is -1.31. The molecule has 0 saturated heterocycles. The minimum Gasteiger partial charge on any atom is -0.478 e. The van der Waals surface area contributed by atoms with Crippen LogP contribution in [0, 0.1) is 12.7 Å². The van der Waals surface area contributed by atoms with Crippen molar-refractivity contribution in [2.24, 2.45) is 0 Å². The molecule has 0 aliphatic heterocycles. The van der Waals surface area contributed by atoms with Crippen LogP contribution in [0.25, 0.3) is 0 Å². The molecule has 1 aliphatic carbocycles. The Morgan fingerprint density at radius 3 is 2.41 bits per heavy atom. The van der Waals surface area contributed by atoms with Crippen LogP contribution >= 0.6 is 0 Å². The van der Waals surface area contributed by atoms with E-state index in [4.69, 9.17) is 9.47 Å². The SMILES string of the molecule is Cc1cccc(CO[C@@H]2CCC[C@H](OCCN(Cc3ccccc3)C(=O)Nc3ccc(F)cc3)C2)c1C(=O)O. The van der Waals surface area contributed by atoms with Gasteiger partial charge in [-0.25, -0.2) is 14.0 Å². The number of nitrogens with one attached hydrogen (secondary N) is 1. The molecule has 2 N–H and O–H groups in total. The monoisotopic (exact) mass is 534 g/mol. The summed E-state index contributed by atoms with van der Waals surface area (Å²) in [5.41, 5.74) is 3.21. The molecule has 206 valence electrons. The van der Waals surface area contributed by atoms with Gasteiger partial charge in [0.2, 0.25) is 0 Å². The first-order valence-electron chi connectivity index (χ1n) is 13.3. The quantitative estimate of drug-likeness (QED) is 0.297. The minimum absolute atomic E-state index is 0.000983. The Kier molecular flexibility index (Phi) is 10.1. The first-order valence-corrected chi connectivity index (χ1v) is 13.3. The van der Waals surface area contributed by atoms with Gasteiger partial charge in [0.1, 0.15) is 5.82 Å². The third-order valence-electron chi connectivity index (χ3n) is 6.94. The third kappa shape index (κ3) is 8.37. The van der Waals surface area contributed by atoms with E-state index >= 15 is 0 Å². The average Bonchev–Trinajstić information content (AvgIpc) is 2.93. The van der Waals surface area contributed by atoms with Gasteiger partial charge >= 0.3 is 12.0 Å². The summed E-state index contributed by atoms with van der Waals surface area (Å²) in [5, 5.41) is 12.4. The van der Waals surface area contributed by atoms with Gasteiger partial charge in [0.05, 0.1) is 31.0 Å². The van der Waals surface area contributed by atoms with E-state index in [1.54, 1.807) is 24.0 Å². The van der Waals surface area contributed by atoms with E-state index < -0.39 is 5.97 Å². The number of halogens is 1. The lowest BCUT2D eigenvalue weighted by atomic mass is 9.94. The number of benzene rings is 3. The largest absolute Gasteiger partial charge is 0.478 e.